The summed E-state index contributed by atoms with van der Waals surface area (Å²) >= 11 is 0. The van der Waals surface area contributed by atoms with Crippen molar-refractivity contribution in [3.63, 3.8) is 0 Å². The van der Waals surface area contributed by atoms with Gasteiger partial charge in [-0.05, 0) is 26.0 Å². The van der Waals surface area contributed by atoms with Gasteiger partial charge in [0.1, 0.15) is 0 Å². The summed E-state index contributed by atoms with van der Waals surface area (Å²) in [5.41, 5.74) is 2.78. The van der Waals surface area contributed by atoms with E-state index in [2.05, 4.69) is 10.1 Å². The molecule has 0 radical (unpaired) electrons. The van der Waals surface area contributed by atoms with Gasteiger partial charge < -0.3 is 4.52 Å². The summed E-state index contributed by atoms with van der Waals surface area (Å²) in [4.78, 5) is 26.9. The van der Waals surface area contributed by atoms with Gasteiger partial charge in [0.15, 0.2) is 11.6 Å². The largest absolute Gasteiger partial charge is 0.334 e. The first-order chi connectivity index (χ1) is 11.0. The van der Waals surface area contributed by atoms with Crippen LogP contribution in [0.25, 0.3) is 22.8 Å². The maximum atomic E-state index is 11.3. The predicted octanol–water partition coefficient (Wildman–Crippen LogP) is 3.81. The lowest BCUT2D eigenvalue weighted by Gasteiger charge is -1.97. The third-order valence-electron chi connectivity index (χ3n) is 3.51. The van der Waals surface area contributed by atoms with Crippen molar-refractivity contribution in [3.05, 3.63) is 59.7 Å². The van der Waals surface area contributed by atoms with Crippen LogP contribution in [0.4, 0.5) is 0 Å². The quantitative estimate of drug-likeness (QED) is 0.685. The number of carbonyl (C=O) groups excluding carboxylic acids is 2. The average Bonchev–Trinajstić information content (AvgIpc) is 3.05. The van der Waals surface area contributed by atoms with Crippen molar-refractivity contribution < 1.29 is 14.1 Å². The fraction of sp³-hybridized carbons (Fsp3) is 0.111. The van der Waals surface area contributed by atoms with E-state index in [1.807, 2.05) is 0 Å². The molecule has 0 spiro atoms. The molecule has 3 rings (SSSR count). The van der Waals surface area contributed by atoms with Crippen LogP contribution in [-0.2, 0) is 0 Å². The monoisotopic (exact) mass is 306 g/mol. The molecule has 3 aromatic rings. The molecule has 0 aliphatic heterocycles. The molecule has 5 nitrogen and oxygen atoms in total. The standard InChI is InChI=1S/C18H14N2O3/c1-11(21)13-3-7-15(8-4-13)17-19-18(23-20-17)16-9-5-14(6-10-16)12(2)22/h3-10H,1-2H3. The van der Waals surface area contributed by atoms with Crippen LogP contribution in [0.1, 0.15) is 34.6 Å². The zero-order valence-electron chi connectivity index (χ0n) is 12.7. The van der Waals surface area contributed by atoms with Crippen molar-refractivity contribution in [2.45, 2.75) is 13.8 Å². The minimum atomic E-state index is 0.00771. The molecular weight excluding hydrogens is 292 g/mol. The highest BCUT2D eigenvalue weighted by Gasteiger charge is 2.11. The fourth-order valence-corrected chi connectivity index (χ4v) is 2.16. The molecule has 0 saturated heterocycles. The molecule has 0 atom stereocenters. The highest BCUT2D eigenvalue weighted by atomic mass is 16.5. The van der Waals surface area contributed by atoms with Gasteiger partial charge in [0.05, 0.1) is 0 Å². The lowest BCUT2D eigenvalue weighted by atomic mass is 10.1. The van der Waals surface area contributed by atoms with E-state index in [-0.39, 0.29) is 11.6 Å². The van der Waals surface area contributed by atoms with Crippen molar-refractivity contribution >= 4 is 11.6 Å². The van der Waals surface area contributed by atoms with Crippen LogP contribution in [0.2, 0.25) is 0 Å². The number of hydrogen-bond acceptors (Lipinski definition) is 5. The normalized spacial score (nSPS) is 10.5. The molecule has 0 amide bonds. The van der Waals surface area contributed by atoms with E-state index in [0.29, 0.717) is 22.8 Å². The molecule has 2 aromatic carbocycles. The highest BCUT2D eigenvalue weighted by molar-refractivity contribution is 5.95. The molecule has 0 fully saturated rings. The summed E-state index contributed by atoms with van der Waals surface area (Å²) in [5.74, 6) is 0.848. The molecule has 114 valence electrons. The van der Waals surface area contributed by atoms with Crippen LogP contribution < -0.4 is 0 Å². The molecular formula is C18H14N2O3. The van der Waals surface area contributed by atoms with Gasteiger partial charge in [-0.1, -0.05) is 41.6 Å². The third kappa shape index (κ3) is 3.08. The number of ketones is 2. The fourth-order valence-electron chi connectivity index (χ4n) is 2.16. The van der Waals surface area contributed by atoms with Crippen molar-refractivity contribution in [1.29, 1.82) is 0 Å². The molecule has 1 heterocycles. The summed E-state index contributed by atoms with van der Waals surface area (Å²) in [6.07, 6.45) is 0. The van der Waals surface area contributed by atoms with Crippen LogP contribution in [0.5, 0.6) is 0 Å². The molecule has 0 saturated carbocycles. The maximum Gasteiger partial charge on any atom is 0.258 e. The summed E-state index contributed by atoms with van der Waals surface area (Å²) in [6, 6.07) is 14.0. The molecule has 0 N–H and O–H groups in total. The second-order valence-electron chi connectivity index (χ2n) is 5.19. The Hall–Kier alpha value is -3.08. The van der Waals surface area contributed by atoms with E-state index >= 15 is 0 Å². The smallest absolute Gasteiger partial charge is 0.258 e. The Morgan fingerprint density at radius 3 is 1.74 bits per heavy atom. The van der Waals surface area contributed by atoms with Crippen LogP contribution in [0.3, 0.4) is 0 Å². The number of carbonyl (C=O) groups is 2. The molecule has 23 heavy (non-hydrogen) atoms. The zero-order valence-corrected chi connectivity index (χ0v) is 12.7. The second kappa shape index (κ2) is 5.96. The van der Waals surface area contributed by atoms with Crippen LogP contribution >= 0.6 is 0 Å². The SMILES string of the molecule is CC(=O)c1ccc(-c2noc(-c3ccc(C(C)=O)cc3)n2)cc1. The first-order valence-electron chi connectivity index (χ1n) is 7.11. The van der Waals surface area contributed by atoms with Crippen LogP contribution in [0.15, 0.2) is 53.1 Å². The van der Waals surface area contributed by atoms with Crippen molar-refractivity contribution in [3.8, 4) is 22.8 Å². The number of nitrogens with zero attached hydrogens (tertiary/aromatic N) is 2. The van der Waals surface area contributed by atoms with Gasteiger partial charge in [0, 0.05) is 22.3 Å². The van der Waals surface area contributed by atoms with Crippen molar-refractivity contribution in [2.75, 3.05) is 0 Å². The Labute approximate surface area is 133 Å². The van der Waals surface area contributed by atoms with E-state index in [4.69, 9.17) is 4.52 Å². The Balaban J connectivity index is 1.87. The lowest BCUT2D eigenvalue weighted by Crippen LogP contribution is -1.91. The minimum absolute atomic E-state index is 0.00771. The number of rotatable bonds is 4. The Morgan fingerprint density at radius 1 is 0.783 bits per heavy atom. The van der Waals surface area contributed by atoms with Gasteiger partial charge in [-0.2, -0.15) is 4.98 Å². The maximum absolute atomic E-state index is 11.3. The van der Waals surface area contributed by atoms with E-state index in [9.17, 15) is 9.59 Å². The Kier molecular flexibility index (Phi) is 3.85. The molecule has 5 heteroatoms. The van der Waals surface area contributed by atoms with E-state index < -0.39 is 0 Å². The minimum Gasteiger partial charge on any atom is -0.334 e. The topological polar surface area (TPSA) is 73.1 Å². The second-order valence-corrected chi connectivity index (χ2v) is 5.19. The Bertz CT molecular complexity index is 790. The number of aromatic nitrogens is 2. The van der Waals surface area contributed by atoms with Gasteiger partial charge in [-0.15, -0.1) is 0 Å². The summed E-state index contributed by atoms with van der Waals surface area (Å²) in [6.45, 7) is 3.04. The first-order valence-corrected chi connectivity index (χ1v) is 7.11. The summed E-state index contributed by atoms with van der Waals surface area (Å²) in [5, 5.41) is 3.96. The highest BCUT2D eigenvalue weighted by Crippen LogP contribution is 2.23. The number of hydrogen-bond donors (Lipinski definition) is 0. The van der Waals surface area contributed by atoms with E-state index in [1.54, 1.807) is 48.5 Å². The lowest BCUT2D eigenvalue weighted by molar-refractivity contribution is 0.100. The summed E-state index contributed by atoms with van der Waals surface area (Å²) < 4.78 is 5.27. The predicted molar refractivity (Wildman–Crippen MR) is 85.2 cm³/mol. The molecule has 0 aliphatic rings. The van der Waals surface area contributed by atoms with Crippen LogP contribution in [-0.4, -0.2) is 21.7 Å². The van der Waals surface area contributed by atoms with Gasteiger partial charge in [-0.25, -0.2) is 0 Å². The number of Topliss-reactive ketones (excluding diaryl/α,β-unsaturated/α-hetero) is 2. The van der Waals surface area contributed by atoms with E-state index in [0.717, 1.165) is 11.1 Å². The van der Waals surface area contributed by atoms with Gasteiger partial charge in [0.2, 0.25) is 5.82 Å². The van der Waals surface area contributed by atoms with Gasteiger partial charge in [-0.3, -0.25) is 9.59 Å². The summed E-state index contributed by atoms with van der Waals surface area (Å²) in [7, 11) is 0. The van der Waals surface area contributed by atoms with Crippen molar-refractivity contribution in [2.24, 2.45) is 0 Å². The zero-order chi connectivity index (χ0) is 16.4. The molecule has 0 bridgehead atoms. The number of benzene rings is 2. The van der Waals surface area contributed by atoms with Crippen LogP contribution in [0, 0.1) is 0 Å². The Morgan fingerprint density at radius 2 is 1.26 bits per heavy atom. The van der Waals surface area contributed by atoms with E-state index in [1.165, 1.54) is 13.8 Å². The van der Waals surface area contributed by atoms with Gasteiger partial charge >= 0.3 is 0 Å². The average molecular weight is 306 g/mol. The van der Waals surface area contributed by atoms with Crippen molar-refractivity contribution in [1.82, 2.24) is 10.1 Å². The molecule has 0 aliphatic carbocycles. The molecule has 0 unspecified atom stereocenters. The van der Waals surface area contributed by atoms with Gasteiger partial charge in [0.25, 0.3) is 5.89 Å². The molecule has 1 aromatic heterocycles. The third-order valence-corrected chi connectivity index (χ3v) is 3.51. The first kappa shape index (κ1) is 14.8.